The minimum atomic E-state index is -4.88. The maximum absolute atomic E-state index is 15.2. The Hall–Kier alpha value is -3.88. The van der Waals surface area contributed by atoms with Gasteiger partial charge in [-0.05, 0) is 35.4 Å². The first-order chi connectivity index (χ1) is 16.1. The molecule has 0 amide bonds. The largest absolute Gasteiger partial charge is 0.486 e. The van der Waals surface area contributed by atoms with Crippen LogP contribution in [0, 0.1) is 11.6 Å². The first-order valence-electron chi connectivity index (χ1n) is 10.2. The van der Waals surface area contributed by atoms with Crippen LogP contribution in [0.25, 0.3) is 10.9 Å². The van der Waals surface area contributed by atoms with Crippen LogP contribution in [-0.2, 0) is 24.1 Å². The predicted molar refractivity (Wildman–Crippen MR) is 114 cm³/mol. The van der Waals surface area contributed by atoms with E-state index in [9.17, 15) is 22.4 Å². The molecule has 0 atom stereocenters. The van der Waals surface area contributed by atoms with Gasteiger partial charge < -0.3 is 14.0 Å². The van der Waals surface area contributed by atoms with Crippen molar-refractivity contribution in [3.05, 3.63) is 95.1 Å². The van der Waals surface area contributed by atoms with Crippen molar-refractivity contribution in [1.82, 2.24) is 4.57 Å². The van der Waals surface area contributed by atoms with Crippen LogP contribution in [0.5, 0.6) is 11.6 Å². The van der Waals surface area contributed by atoms with Crippen molar-refractivity contribution < 1.29 is 36.2 Å². The van der Waals surface area contributed by atoms with Gasteiger partial charge in [-0.15, -0.1) is 0 Å². The second-order valence-electron chi connectivity index (χ2n) is 7.56. The molecule has 3 aromatic carbocycles. The van der Waals surface area contributed by atoms with Gasteiger partial charge >= 0.3 is 12.1 Å². The van der Waals surface area contributed by atoms with E-state index in [2.05, 4.69) is 0 Å². The van der Waals surface area contributed by atoms with E-state index < -0.39 is 29.3 Å². The van der Waals surface area contributed by atoms with E-state index in [1.807, 2.05) is 30.3 Å². The van der Waals surface area contributed by atoms with Crippen LogP contribution < -0.4 is 9.47 Å². The molecule has 0 N–H and O–H groups in total. The number of alkyl halides is 3. The molecule has 9 heteroatoms. The molecule has 0 spiro atoms. The number of halogens is 5. The summed E-state index contributed by atoms with van der Waals surface area (Å²) in [5.74, 6) is -2.92. The monoisotopic (exact) mass is 475 g/mol. The lowest BCUT2D eigenvalue weighted by Gasteiger charge is -2.13. The van der Waals surface area contributed by atoms with Crippen LogP contribution in [0.2, 0.25) is 0 Å². The molecule has 0 aliphatic heterocycles. The number of hydrogen-bond donors (Lipinski definition) is 0. The van der Waals surface area contributed by atoms with Gasteiger partial charge in [-0.25, -0.2) is 8.78 Å². The van der Waals surface area contributed by atoms with Crippen LogP contribution in [0.15, 0.2) is 66.7 Å². The fourth-order valence-electron chi connectivity index (χ4n) is 3.57. The second-order valence-corrected chi connectivity index (χ2v) is 7.56. The first kappa shape index (κ1) is 23.3. The SMILES string of the molecule is CC(=O)Oc1cc2c(F)c(OCc3ccccc3)ccc2n1Cc1ccc(F)c(C(F)(F)F)c1. The van der Waals surface area contributed by atoms with Gasteiger partial charge in [0.25, 0.3) is 0 Å². The van der Waals surface area contributed by atoms with E-state index in [0.29, 0.717) is 12.1 Å². The van der Waals surface area contributed by atoms with Crippen molar-refractivity contribution in [2.24, 2.45) is 0 Å². The average Bonchev–Trinajstić information content (AvgIpc) is 3.11. The summed E-state index contributed by atoms with van der Waals surface area (Å²) in [6.07, 6.45) is -4.88. The third-order valence-corrected chi connectivity index (χ3v) is 5.11. The summed E-state index contributed by atoms with van der Waals surface area (Å²) in [6.45, 7) is 1.04. The number of ether oxygens (including phenoxy) is 2. The summed E-state index contributed by atoms with van der Waals surface area (Å²) >= 11 is 0. The van der Waals surface area contributed by atoms with Gasteiger partial charge in [0, 0.05) is 18.4 Å². The number of aromatic nitrogens is 1. The number of nitrogens with zero attached hydrogens (tertiary/aromatic N) is 1. The lowest BCUT2D eigenvalue weighted by atomic mass is 10.1. The van der Waals surface area contributed by atoms with Crippen LogP contribution in [-0.4, -0.2) is 10.5 Å². The molecule has 0 fully saturated rings. The maximum Gasteiger partial charge on any atom is 0.419 e. The van der Waals surface area contributed by atoms with E-state index in [1.165, 1.54) is 28.8 Å². The molecule has 0 saturated carbocycles. The Morgan fingerprint density at radius 3 is 2.35 bits per heavy atom. The molecule has 0 radical (unpaired) electrons. The number of benzene rings is 3. The molecule has 4 nitrogen and oxygen atoms in total. The average molecular weight is 475 g/mol. The Kier molecular flexibility index (Phi) is 6.28. The Balaban J connectivity index is 1.72. The number of carbonyl (C=O) groups is 1. The summed E-state index contributed by atoms with van der Waals surface area (Å²) in [6, 6.07) is 15.9. The molecule has 0 saturated heterocycles. The predicted octanol–water partition coefficient (Wildman–Crippen LogP) is 6.49. The highest BCUT2D eigenvalue weighted by Crippen LogP contribution is 2.35. The molecule has 0 bridgehead atoms. The highest BCUT2D eigenvalue weighted by Gasteiger charge is 2.34. The van der Waals surface area contributed by atoms with Crippen molar-refractivity contribution >= 4 is 16.9 Å². The highest BCUT2D eigenvalue weighted by atomic mass is 19.4. The number of esters is 1. The van der Waals surface area contributed by atoms with Crippen molar-refractivity contribution in [3.8, 4) is 11.6 Å². The topological polar surface area (TPSA) is 40.5 Å². The Morgan fingerprint density at radius 1 is 0.941 bits per heavy atom. The van der Waals surface area contributed by atoms with Crippen LogP contribution in [0.4, 0.5) is 22.0 Å². The summed E-state index contributed by atoms with van der Waals surface area (Å²) in [4.78, 5) is 11.6. The Bertz CT molecular complexity index is 1350. The van der Waals surface area contributed by atoms with Crippen LogP contribution >= 0.6 is 0 Å². The molecule has 0 aliphatic rings. The van der Waals surface area contributed by atoms with E-state index in [4.69, 9.17) is 9.47 Å². The van der Waals surface area contributed by atoms with Gasteiger partial charge in [-0.2, -0.15) is 13.2 Å². The lowest BCUT2D eigenvalue weighted by Crippen LogP contribution is -2.11. The number of rotatable bonds is 6. The summed E-state index contributed by atoms with van der Waals surface area (Å²) in [5, 5.41) is 0.0555. The third-order valence-electron chi connectivity index (χ3n) is 5.11. The van der Waals surface area contributed by atoms with E-state index >= 15 is 4.39 Å². The Labute approximate surface area is 191 Å². The van der Waals surface area contributed by atoms with E-state index in [1.54, 1.807) is 0 Å². The van der Waals surface area contributed by atoms with E-state index in [0.717, 1.165) is 12.5 Å². The molecular weight excluding hydrogens is 457 g/mol. The van der Waals surface area contributed by atoms with Crippen LogP contribution in [0.1, 0.15) is 23.6 Å². The first-order valence-corrected chi connectivity index (χ1v) is 10.2. The summed E-state index contributed by atoms with van der Waals surface area (Å²) in [7, 11) is 0. The molecular formula is C25H18F5NO3. The fraction of sp³-hybridized carbons (Fsp3) is 0.160. The zero-order valence-electron chi connectivity index (χ0n) is 17.8. The van der Waals surface area contributed by atoms with E-state index in [-0.39, 0.29) is 41.2 Å². The zero-order chi connectivity index (χ0) is 24.5. The quantitative estimate of drug-likeness (QED) is 0.236. The van der Waals surface area contributed by atoms with Gasteiger partial charge in [-0.3, -0.25) is 4.79 Å². The molecule has 0 aliphatic carbocycles. The van der Waals surface area contributed by atoms with Gasteiger partial charge in [0.2, 0.25) is 5.88 Å². The third kappa shape index (κ3) is 4.88. The smallest absolute Gasteiger partial charge is 0.419 e. The minimum Gasteiger partial charge on any atom is -0.486 e. The second kappa shape index (κ2) is 9.17. The van der Waals surface area contributed by atoms with Crippen molar-refractivity contribution in [1.29, 1.82) is 0 Å². The highest BCUT2D eigenvalue weighted by molar-refractivity contribution is 5.86. The lowest BCUT2D eigenvalue weighted by molar-refractivity contribution is -0.140. The number of carbonyl (C=O) groups excluding carboxylic acids is 1. The van der Waals surface area contributed by atoms with Gasteiger partial charge in [0.1, 0.15) is 12.4 Å². The molecule has 1 heterocycles. The van der Waals surface area contributed by atoms with Gasteiger partial charge in [-0.1, -0.05) is 36.4 Å². The Morgan fingerprint density at radius 2 is 1.68 bits per heavy atom. The van der Waals surface area contributed by atoms with Gasteiger partial charge in [0.15, 0.2) is 11.6 Å². The summed E-state index contributed by atoms with van der Waals surface area (Å²) < 4.78 is 80.4. The normalized spacial score (nSPS) is 11.6. The zero-order valence-corrected chi connectivity index (χ0v) is 17.8. The minimum absolute atomic E-state index is 0.0379. The van der Waals surface area contributed by atoms with Crippen molar-refractivity contribution in [2.75, 3.05) is 0 Å². The number of hydrogen-bond acceptors (Lipinski definition) is 3. The molecule has 34 heavy (non-hydrogen) atoms. The maximum atomic E-state index is 15.2. The van der Waals surface area contributed by atoms with Crippen molar-refractivity contribution in [3.63, 3.8) is 0 Å². The molecule has 4 rings (SSSR count). The number of fused-ring (bicyclic) bond motifs is 1. The van der Waals surface area contributed by atoms with Crippen LogP contribution in [0.3, 0.4) is 0 Å². The molecule has 1 aromatic heterocycles. The van der Waals surface area contributed by atoms with Gasteiger partial charge in [0.05, 0.1) is 17.6 Å². The fourth-order valence-corrected chi connectivity index (χ4v) is 3.57. The molecule has 4 aromatic rings. The molecule has 176 valence electrons. The summed E-state index contributed by atoms with van der Waals surface area (Å²) in [5.41, 5.74) is -0.238. The molecule has 0 unspecified atom stereocenters. The standard InChI is InChI=1S/C25H18F5NO3/c1-15(32)34-23-12-18-21(9-10-22(24(18)27)33-14-16-5-3-2-4-6-16)31(23)13-17-7-8-20(26)19(11-17)25(28,29)30/h2-12H,13-14H2,1H3. The van der Waals surface area contributed by atoms with Crippen molar-refractivity contribution in [2.45, 2.75) is 26.3 Å².